The van der Waals surface area contributed by atoms with Crippen molar-refractivity contribution in [2.24, 2.45) is 0 Å². The third-order valence-corrected chi connectivity index (χ3v) is 11.5. The van der Waals surface area contributed by atoms with Crippen LogP contribution >= 0.6 is 22.7 Å². The number of thiazole rings is 1. The van der Waals surface area contributed by atoms with Crippen LogP contribution in [0.15, 0.2) is 53.4 Å². The Morgan fingerprint density at radius 1 is 1.00 bits per heavy atom. The quantitative estimate of drug-likeness (QED) is 0.318. The number of amides is 1. The van der Waals surface area contributed by atoms with Gasteiger partial charge >= 0.3 is 0 Å². The number of thiophene rings is 1. The van der Waals surface area contributed by atoms with E-state index in [2.05, 4.69) is 30.1 Å². The number of nitrogens with zero attached hydrogens (tertiary/aromatic N) is 3. The van der Waals surface area contributed by atoms with E-state index in [0.717, 1.165) is 58.1 Å². The van der Waals surface area contributed by atoms with Crippen LogP contribution in [0.2, 0.25) is 0 Å². The summed E-state index contributed by atoms with van der Waals surface area (Å²) >= 11 is 3.27. The van der Waals surface area contributed by atoms with Crippen molar-refractivity contribution in [3.05, 3.63) is 64.5 Å². The fraction of sp³-hybridized carbons (Fsp3) is 0.357. The molecule has 7 nitrogen and oxygen atoms in total. The first-order valence-electron chi connectivity index (χ1n) is 13.0. The van der Waals surface area contributed by atoms with E-state index in [-0.39, 0.29) is 10.8 Å². The average Bonchev–Trinajstić information content (AvgIpc) is 3.66. The standard InChI is InChI=1S/C28H30N4O3S3/c1-18(2)31-16-13-21-24(17-31)37-28(25(21)27-29-22-7-3-4-8-23(22)36-27)30-26(33)19-9-11-20(12-10-19)38(34,35)32-14-5-6-15-32/h3-4,7-12,18H,5-6,13-17H2,1-2H3,(H,30,33). The summed E-state index contributed by atoms with van der Waals surface area (Å²) < 4.78 is 28.4. The number of hydrogen-bond acceptors (Lipinski definition) is 7. The van der Waals surface area contributed by atoms with Crippen LogP contribution in [0.25, 0.3) is 20.8 Å². The van der Waals surface area contributed by atoms with Gasteiger partial charge in [0.2, 0.25) is 10.0 Å². The van der Waals surface area contributed by atoms with E-state index in [1.54, 1.807) is 34.8 Å². The maximum absolute atomic E-state index is 13.4. The van der Waals surface area contributed by atoms with Crippen molar-refractivity contribution in [2.75, 3.05) is 25.0 Å². The summed E-state index contributed by atoms with van der Waals surface area (Å²) in [5.41, 5.74) is 3.68. The highest BCUT2D eigenvalue weighted by atomic mass is 32.2. The van der Waals surface area contributed by atoms with Crippen molar-refractivity contribution in [1.29, 1.82) is 0 Å². The summed E-state index contributed by atoms with van der Waals surface area (Å²) in [5, 5.41) is 4.88. The van der Waals surface area contributed by atoms with Gasteiger partial charge in [-0.3, -0.25) is 9.69 Å². The predicted molar refractivity (Wildman–Crippen MR) is 155 cm³/mol. The highest BCUT2D eigenvalue weighted by Crippen LogP contribution is 2.46. The number of nitrogens with one attached hydrogen (secondary N) is 1. The van der Waals surface area contributed by atoms with Gasteiger partial charge in [0.1, 0.15) is 10.0 Å². The van der Waals surface area contributed by atoms with E-state index >= 15 is 0 Å². The number of benzene rings is 2. The third kappa shape index (κ3) is 4.69. The van der Waals surface area contributed by atoms with Gasteiger partial charge in [0.25, 0.3) is 5.91 Å². The highest BCUT2D eigenvalue weighted by Gasteiger charge is 2.30. The number of fused-ring (bicyclic) bond motifs is 2. The molecule has 1 amide bonds. The smallest absolute Gasteiger partial charge is 0.256 e. The molecule has 0 unspecified atom stereocenters. The normalized spacial score (nSPS) is 16.8. The van der Waals surface area contributed by atoms with Gasteiger partial charge in [-0.1, -0.05) is 12.1 Å². The number of sulfonamides is 1. The molecule has 2 aromatic carbocycles. The van der Waals surface area contributed by atoms with Crippen molar-refractivity contribution < 1.29 is 13.2 Å². The van der Waals surface area contributed by atoms with Crippen LogP contribution in [-0.2, 0) is 23.0 Å². The van der Waals surface area contributed by atoms with Crippen molar-refractivity contribution in [1.82, 2.24) is 14.2 Å². The minimum absolute atomic E-state index is 0.228. The fourth-order valence-corrected chi connectivity index (χ4v) is 9.08. The number of para-hydroxylation sites is 1. The second-order valence-electron chi connectivity index (χ2n) is 10.1. The molecule has 0 aliphatic carbocycles. The number of rotatable bonds is 6. The van der Waals surface area contributed by atoms with Crippen LogP contribution in [0.4, 0.5) is 5.00 Å². The molecule has 38 heavy (non-hydrogen) atoms. The van der Waals surface area contributed by atoms with E-state index in [9.17, 15) is 13.2 Å². The number of aromatic nitrogens is 1. The first-order chi connectivity index (χ1) is 18.3. The van der Waals surface area contributed by atoms with Crippen LogP contribution in [-0.4, -0.2) is 54.2 Å². The lowest BCUT2D eigenvalue weighted by Gasteiger charge is -2.30. The van der Waals surface area contributed by atoms with Gasteiger partial charge in [0.15, 0.2) is 0 Å². The average molecular weight is 567 g/mol. The molecule has 0 saturated carbocycles. The van der Waals surface area contributed by atoms with E-state index in [0.29, 0.717) is 24.7 Å². The molecular weight excluding hydrogens is 537 g/mol. The van der Waals surface area contributed by atoms with Crippen LogP contribution in [0.1, 0.15) is 47.5 Å². The zero-order chi connectivity index (χ0) is 26.4. The van der Waals surface area contributed by atoms with Gasteiger partial charge in [-0.15, -0.1) is 22.7 Å². The van der Waals surface area contributed by atoms with Crippen LogP contribution in [0, 0.1) is 0 Å². The van der Waals surface area contributed by atoms with Gasteiger partial charge in [0, 0.05) is 48.2 Å². The second-order valence-corrected chi connectivity index (χ2v) is 14.2. The minimum Gasteiger partial charge on any atom is -0.313 e. The van der Waals surface area contributed by atoms with Crippen molar-refractivity contribution >= 4 is 53.8 Å². The van der Waals surface area contributed by atoms with Gasteiger partial charge in [-0.25, -0.2) is 13.4 Å². The Balaban J connectivity index is 1.32. The third-order valence-electron chi connectivity index (χ3n) is 7.37. The Morgan fingerprint density at radius 2 is 1.74 bits per heavy atom. The van der Waals surface area contributed by atoms with Crippen molar-refractivity contribution in [2.45, 2.75) is 50.6 Å². The molecular formula is C28H30N4O3S3. The Labute approximate surface area is 231 Å². The minimum atomic E-state index is -3.52. The lowest BCUT2D eigenvalue weighted by atomic mass is 10.0. The van der Waals surface area contributed by atoms with Crippen molar-refractivity contribution in [3.63, 3.8) is 0 Å². The molecule has 4 aromatic rings. The molecule has 6 rings (SSSR count). The molecule has 1 fully saturated rings. The topological polar surface area (TPSA) is 82.6 Å². The summed E-state index contributed by atoms with van der Waals surface area (Å²) in [6.07, 6.45) is 2.68. The van der Waals surface area contributed by atoms with Crippen LogP contribution in [0.3, 0.4) is 0 Å². The largest absolute Gasteiger partial charge is 0.313 e. The summed E-state index contributed by atoms with van der Waals surface area (Å²) in [7, 11) is -3.52. The summed E-state index contributed by atoms with van der Waals surface area (Å²) in [4.78, 5) is 22.2. The molecule has 0 atom stereocenters. The first-order valence-corrected chi connectivity index (χ1v) is 16.0. The zero-order valence-corrected chi connectivity index (χ0v) is 23.9. The van der Waals surface area contributed by atoms with E-state index < -0.39 is 10.0 Å². The maximum atomic E-state index is 13.4. The van der Waals surface area contributed by atoms with Crippen LogP contribution in [0.5, 0.6) is 0 Å². The Morgan fingerprint density at radius 3 is 2.45 bits per heavy atom. The summed E-state index contributed by atoms with van der Waals surface area (Å²) in [6, 6.07) is 14.8. The van der Waals surface area contributed by atoms with Gasteiger partial charge in [-0.05, 0) is 75.1 Å². The van der Waals surface area contributed by atoms with Crippen LogP contribution < -0.4 is 5.32 Å². The number of carbonyl (C=O) groups excluding carboxylic acids is 1. The number of carbonyl (C=O) groups is 1. The van der Waals surface area contributed by atoms with Gasteiger partial charge in [-0.2, -0.15) is 4.31 Å². The highest BCUT2D eigenvalue weighted by molar-refractivity contribution is 7.89. The van der Waals surface area contributed by atoms with E-state index in [1.807, 2.05) is 18.2 Å². The lowest BCUT2D eigenvalue weighted by Crippen LogP contribution is -2.35. The zero-order valence-electron chi connectivity index (χ0n) is 21.4. The molecule has 0 radical (unpaired) electrons. The molecule has 10 heteroatoms. The second kappa shape index (κ2) is 10.2. The molecule has 2 aliphatic heterocycles. The first kappa shape index (κ1) is 25.6. The van der Waals surface area contributed by atoms with Crippen molar-refractivity contribution in [3.8, 4) is 10.6 Å². The molecule has 0 spiro atoms. The predicted octanol–water partition coefficient (Wildman–Crippen LogP) is 5.83. The Kier molecular flexibility index (Phi) is 6.86. The molecule has 2 aliphatic rings. The number of anilines is 1. The Bertz CT molecular complexity index is 1570. The molecule has 198 valence electrons. The molecule has 4 heterocycles. The Hall–Kier alpha value is -2.63. The lowest BCUT2D eigenvalue weighted by molar-refractivity contribution is 0.102. The molecule has 1 saturated heterocycles. The fourth-order valence-electron chi connectivity index (χ4n) is 5.19. The molecule has 2 aromatic heterocycles. The summed E-state index contributed by atoms with van der Waals surface area (Å²) in [5.74, 6) is -0.253. The summed E-state index contributed by atoms with van der Waals surface area (Å²) in [6.45, 7) is 7.35. The maximum Gasteiger partial charge on any atom is 0.256 e. The SMILES string of the molecule is CC(C)N1CCc2c(sc(NC(=O)c3ccc(S(=O)(=O)N4CCCC4)cc3)c2-c2nc3ccccc3s2)C1. The van der Waals surface area contributed by atoms with E-state index in [4.69, 9.17) is 4.98 Å². The molecule has 0 bridgehead atoms. The number of hydrogen-bond donors (Lipinski definition) is 1. The van der Waals surface area contributed by atoms with Gasteiger partial charge in [0.05, 0.1) is 15.1 Å². The van der Waals surface area contributed by atoms with Gasteiger partial charge < -0.3 is 5.32 Å². The monoisotopic (exact) mass is 566 g/mol. The van der Waals surface area contributed by atoms with E-state index in [1.165, 1.54) is 26.9 Å². The molecule has 1 N–H and O–H groups in total.